The zero-order valence-electron chi connectivity index (χ0n) is 27.0. The predicted molar refractivity (Wildman–Crippen MR) is 162 cm³/mol. The second kappa shape index (κ2) is 13.8. The van der Waals surface area contributed by atoms with Gasteiger partial charge in [-0.15, -0.1) is 0 Å². The lowest BCUT2D eigenvalue weighted by atomic mass is 9.96. The molecule has 2 aromatic rings. The first-order valence-electron chi connectivity index (χ1n) is 14.5. The predicted octanol–water partition coefficient (Wildman–Crippen LogP) is 1.45. The molecule has 0 aromatic carbocycles. The summed E-state index contributed by atoms with van der Waals surface area (Å²) < 4.78 is 38.1. The Morgan fingerprint density at radius 3 is 2.31 bits per heavy atom. The van der Waals surface area contributed by atoms with Crippen LogP contribution >= 0.6 is 7.67 Å². The van der Waals surface area contributed by atoms with E-state index in [-0.39, 0.29) is 35.0 Å². The second-order valence-electron chi connectivity index (χ2n) is 13.2. The van der Waals surface area contributed by atoms with Gasteiger partial charge in [-0.1, -0.05) is 48.5 Å². The van der Waals surface area contributed by atoms with Crippen LogP contribution in [-0.2, 0) is 28.2 Å². The molecule has 45 heavy (non-hydrogen) atoms. The molecule has 0 bridgehead atoms. The summed E-state index contributed by atoms with van der Waals surface area (Å²) in [5.41, 5.74) is 3.91. The number of hydrogen-bond acceptors (Lipinski definition) is 13. The number of ether oxygens (including phenoxy) is 3. The van der Waals surface area contributed by atoms with Gasteiger partial charge in [0.25, 0.3) is 0 Å². The molecule has 0 aliphatic carbocycles. The van der Waals surface area contributed by atoms with E-state index in [1.165, 1.54) is 24.9 Å². The molecule has 0 amide bonds. The van der Waals surface area contributed by atoms with Crippen molar-refractivity contribution in [2.75, 3.05) is 26.1 Å². The molecule has 2 aromatic heterocycles. The van der Waals surface area contributed by atoms with Crippen molar-refractivity contribution in [3.63, 3.8) is 0 Å². The Morgan fingerprint density at radius 2 is 1.78 bits per heavy atom. The van der Waals surface area contributed by atoms with E-state index >= 15 is 0 Å². The zero-order chi connectivity index (χ0) is 34.1. The number of methoxy groups -OCH3 is 1. The molecule has 3 heterocycles. The highest BCUT2D eigenvalue weighted by molar-refractivity contribution is 7.54. The summed E-state index contributed by atoms with van der Waals surface area (Å²) in [7, 11) is -3.02. The number of nitrogens with zero attached hydrogens (tertiary/aromatic N) is 4. The SMILES string of the molecule is COc1nc(N)nc2c1ncn2[C@@H]1O[C@H](COP(=O)(N[C@H](C(=O)O)C(C)C)N[C@H](C(=O)OCC(C)(C)C)C(C)C)[C@@H](O)[C@@]1(C)O. The van der Waals surface area contributed by atoms with Crippen molar-refractivity contribution in [1.82, 2.24) is 29.7 Å². The smallest absolute Gasteiger partial charge is 0.342 e. The molecule has 18 heteroatoms. The summed E-state index contributed by atoms with van der Waals surface area (Å²) in [4.78, 5) is 37.5. The van der Waals surface area contributed by atoms with Gasteiger partial charge in [-0.25, -0.2) is 15.2 Å². The number of carboxylic acid groups (broad SMARTS) is 1. The van der Waals surface area contributed by atoms with Gasteiger partial charge in [0.05, 0.1) is 26.7 Å². The first-order chi connectivity index (χ1) is 20.7. The fourth-order valence-electron chi connectivity index (χ4n) is 4.60. The molecule has 1 fully saturated rings. The van der Waals surface area contributed by atoms with Crippen molar-refractivity contribution in [2.24, 2.45) is 17.3 Å². The van der Waals surface area contributed by atoms with Gasteiger partial charge in [0, 0.05) is 0 Å². The number of nitrogen functional groups attached to an aromatic ring is 1. The van der Waals surface area contributed by atoms with Crippen molar-refractivity contribution >= 4 is 36.7 Å². The average Bonchev–Trinajstić information content (AvgIpc) is 3.44. The Balaban J connectivity index is 1.91. The molecule has 17 nitrogen and oxygen atoms in total. The monoisotopic (exact) mass is 659 g/mol. The number of rotatable bonds is 14. The van der Waals surface area contributed by atoms with Gasteiger partial charge in [-0.3, -0.25) is 18.7 Å². The van der Waals surface area contributed by atoms with Crippen LogP contribution in [0.2, 0.25) is 0 Å². The summed E-state index contributed by atoms with van der Waals surface area (Å²) in [5.74, 6) is -3.02. The van der Waals surface area contributed by atoms with Crippen molar-refractivity contribution in [1.29, 1.82) is 0 Å². The van der Waals surface area contributed by atoms with Crippen molar-refractivity contribution in [3.8, 4) is 5.88 Å². The molecule has 254 valence electrons. The van der Waals surface area contributed by atoms with E-state index in [0.29, 0.717) is 0 Å². The maximum atomic E-state index is 14.3. The molecule has 7 atom stereocenters. The molecule has 0 radical (unpaired) electrons. The van der Waals surface area contributed by atoms with Crippen molar-refractivity contribution in [3.05, 3.63) is 6.33 Å². The third kappa shape index (κ3) is 8.47. The minimum Gasteiger partial charge on any atom is -0.480 e. The molecule has 0 spiro atoms. The lowest BCUT2D eigenvalue weighted by Crippen LogP contribution is -2.48. The molecule has 0 saturated carbocycles. The first kappa shape index (κ1) is 36.5. The fourth-order valence-corrected chi connectivity index (χ4v) is 6.72. The van der Waals surface area contributed by atoms with Crippen LogP contribution in [0.5, 0.6) is 5.88 Å². The number of aromatic nitrogens is 4. The maximum Gasteiger partial charge on any atom is 0.342 e. The minimum atomic E-state index is -4.40. The Labute approximate surface area is 261 Å². The lowest BCUT2D eigenvalue weighted by Gasteiger charge is -2.31. The van der Waals surface area contributed by atoms with E-state index in [1.54, 1.807) is 27.7 Å². The van der Waals surface area contributed by atoms with Gasteiger partial charge < -0.3 is 39.8 Å². The molecule has 1 aliphatic heterocycles. The number of esters is 1. The number of nitrogens with two attached hydrogens (primary N) is 1. The fraction of sp³-hybridized carbons (Fsp3) is 0.741. The number of aliphatic hydroxyl groups is 2. The third-order valence-corrected chi connectivity index (χ3v) is 8.90. The number of carboxylic acids is 1. The van der Waals surface area contributed by atoms with Crippen LogP contribution in [0.15, 0.2) is 6.33 Å². The summed E-state index contributed by atoms with van der Waals surface area (Å²) in [6.45, 7) is 13.1. The van der Waals surface area contributed by atoms with E-state index in [4.69, 9.17) is 24.5 Å². The van der Waals surface area contributed by atoms with E-state index in [0.717, 1.165) is 0 Å². The van der Waals surface area contributed by atoms with Crippen LogP contribution in [0.4, 0.5) is 5.95 Å². The Morgan fingerprint density at radius 1 is 1.18 bits per heavy atom. The Kier molecular flexibility index (Phi) is 11.2. The van der Waals surface area contributed by atoms with Crippen LogP contribution in [0.3, 0.4) is 0 Å². The van der Waals surface area contributed by atoms with Gasteiger partial charge in [0.1, 0.15) is 29.9 Å². The summed E-state index contributed by atoms with van der Waals surface area (Å²) in [5, 5.41) is 37.5. The summed E-state index contributed by atoms with van der Waals surface area (Å²) in [6, 6.07) is -2.50. The molecular weight excluding hydrogens is 613 g/mol. The molecular formula is C27H46N7O10P. The number of anilines is 1. The highest BCUT2D eigenvalue weighted by atomic mass is 31.2. The maximum absolute atomic E-state index is 14.3. The van der Waals surface area contributed by atoms with E-state index in [1.807, 2.05) is 20.8 Å². The third-order valence-electron chi connectivity index (χ3n) is 7.15. The molecule has 7 N–H and O–H groups in total. The van der Waals surface area contributed by atoms with Crippen molar-refractivity contribution < 1.29 is 48.2 Å². The van der Waals surface area contributed by atoms with Crippen molar-refractivity contribution in [2.45, 2.75) is 91.5 Å². The summed E-state index contributed by atoms with van der Waals surface area (Å²) in [6.07, 6.45) is -2.84. The Hall–Kier alpha value is -2.92. The second-order valence-corrected chi connectivity index (χ2v) is 15.0. The van der Waals surface area contributed by atoms with E-state index < -0.39 is 74.2 Å². The highest BCUT2D eigenvalue weighted by Gasteiger charge is 2.54. The average molecular weight is 660 g/mol. The number of hydrogen-bond donors (Lipinski definition) is 6. The topological polar surface area (TPSA) is 242 Å². The number of aliphatic carboxylic acids is 1. The van der Waals surface area contributed by atoms with Gasteiger partial charge in [0.15, 0.2) is 17.4 Å². The number of carbonyl (C=O) groups excluding carboxylic acids is 1. The van der Waals surface area contributed by atoms with Gasteiger partial charge in [0.2, 0.25) is 11.8 Å². The van der Waals surface area contributed by atoms with Gasteiger partial charge in [-0.05, 0) is 24.2 Å². The molecule has 1 aliphatic rings. The normalized spacial score (nSPS) is 25.0. The van der Waals surface area contributed by atoms with Crippen LogP contribution < -0.4 is 20.6 Å². The lowest BCUT2D eigenvalue weighted by molar-refractivity contribution is -0.149. The van der Waals surface area contributed by atoms with Crippen LogP contribution in [0.1, 0.15) is 61.6 Å². The van der Waals surface area contributed by atoms with Crippen LogP contribution in [-0.4, -0.2) is 97.0 Å². The number of nitrogens with one attached hydrogen (secondary N) is 2. The molecule has 1 unspecified atom stereocenters. The van der Waals surface area contributed by atoms with Crippen LogP contribution in [0.25, 0.3) is 11.2 Å². The van der Waals surface area contributed by atoms with Gasteiger partial charge >= 0.3 is 19.6 Å². The largest absolute Gasteiger partial charge is 0.480 e. The number of carbonyl (C=O) groups is 2. The zero-order valence-corrected chi connectivity index (χ0v) is 27.9. The molecule has 1 saturated heterocycles. The van der Waals surface area contributed by atoms with E-state index in [9.17, 15) is 29.5 Å². The van der Waals surface area contributed by atoms with Crippen LogP contribution in [0, 0.1) is 17.3 Å². The minimum absolute atomic E-state index is 0.0863. The summed E-state index contributed by atoms with van der Waals surface area (Å²) >= 11 is 0. The molecule has 3 rings (SSSR count). The number of aliphatic hydroxyl groups excluding tert-OH is 1. The first-order valence-corrected chi connectivity index (χ1v) is 16.1. The Bertz CT molecular complexity index is 1410. The number of imidazole rings is 1. The highest BCUT2D eigenvalue weighted by Crippen LogP contribution is 2.45. The van der Waals surface area contributed by atoms with Gasteiger partial charge in [-0.2, -0.15) is 9.97 Å². The quantitative estimate of drug-likeness (QED) is 0.124. The standard InChI is InChI=1S/C27H46N7O10P/c1-13(2)16(22(36)37)32-45(40,33-17(14(3)4)23(38)42-11-26(5,6)7)43-10-15-19(35)27(8,39)24(44-15)34-12-29-18-20(34)30-25(28)31-21(18)41-9/h12-17,19,24,35,39H,10-11H2,1-9H3,(H,36,37)(H2,28,30,31)(H2,32,33,40)/t15-,16+,17+,19-,24-,27-,45?/m1/s1. The number of fused-ring (bicyclic) bond motifs is 1. The van der Waals surface area contributed by atoms with E-state index in [2.05, 4.69) is 25.1 Å².